The number of carbonyl (C=O) groups excluding carboxylic acids is 1. The van der Waals surface area contributed by atoms with Gasteiger partial charge >= 0.3 is 5.97 Å². The number of hydrogen-bond acceptors (Lipinski definition) is 3. The average Bonchev–Trinajstić information content (AvgIpc) is 2.65. The molecule has 0 saturated heterocycles. The maximum absolute atomic E-state index is 12.5. The molecule has 0 N–H and O–H groups in total. The lowest BCUT2D eigenvalue weighted by Crippen LogP contribution is -2.30. The zero-order chi connectivity index (χ0) is 17.9. The highest BCUT2D eigenvalue weighted by Gasteiger charge is 2.30. The van der Waals surface area contributed by atoms with Gasteiger partial charge in [-0.15, -0.1) is 0 Å². The lowest BCUT2D eigenvalue weighted by atomic mass is 9.80. The molecular formula is C22H35NO2. The molecule has 0 aromatic rings. The number of nitrogens with zero attached hydrogens (tertiary/aromatic N) is 1. The van der Waals surface area contributed by atoms with E-state index in [1.54, 1.807) is 6.08 Å². The van der Waals surface area contributed by atoms with Crippen LogP contribution in [0, 0.1) is 29.1 Å². The minimum absolute atomic E-state index is 0.0693. The average molecular weight is 346 g/mol. The van der Waals surface area contributed by atoms with Crippen molar-refractivity contribution in [3.05, 3.63) is 12.2 Å². The van der Waals surface area contributed by atoms with Gasteiger partial charge in [0.25, 0.3) is 0 Å². The van der Waals surface area contributed by atoms with Gasteiger partial charge in [0.05, 0.1) is 12.0 Å². The minimum Gasteiger partial charge on any atom is -0.462 e. The van der Waals surface area contributed by atoms with Gasteiger partial charge in [0.15, 0.2) is 0 Å². The van der Waals surface area contributed by atoms with Crippen LogP contribution < -0.4 is 0 Å². The van der Waals surface area contributed by atoms with Gasteiger partial charge in [-0.25, -0.2) is 0 Å². The SMILES string of the molecule is CCCC[C@H]1CC[C@H](OC(=O)[C@H]2CC[C@H](CCC=CC#N)CC2)CC1. The number of hydrogen-bond donors (Lipinski definition) is 0. The van der Waals surface area contributed by atoms with E-state index < -0.39 is 0 Å². The van der Waals surface area contributed by atoms with E-state index in [-0.39, 0.29) is 18.0 Å². The van der Waals surface area contributed by atoms with Gasteiger partial charge in [0.1, 0.15) is 6.10 Å². The highest BCUT2D eigenvalue weighted by atomic mass is 16.5. The molecule has 0 aromatic heterocycles. The van der Waals surface area contributed by atoms with Crippen LogP contribution in [0.2, 0.25) is 0 Å². The summed E-state index contributed by atoms with van der Waals surface area (Å²) in [6.07, 6.45) is 18.6. The van der Waals surface area contributed by atoms with Crippen LogP contribution in [0.15, 0.2) is 12.2 Å². The molecule has 0 atom stereocenters. The highest BCUT2D eigenvalue weighted by Crippen LogP contribution is 2.34. The summed E-state index contributed by atoms with van der Waals surface area (Å²) >= 11 is 0. The van der Waals surface area contributed by atoms with Gasteiger partial charge in [-0.1, -0.05) is 32.3 Å². The molecule has 3 nitrogen and oxygen atoms in total. The van der Waals surface area contributed by atoms with Crippen molar-refractivity contribution in [3.8, 4) is 6.07 Å². The Hall–Kier alpha value is -1.30. The number of allylic oxidation sites excluding steroid dienone is 2. The fourth-order valence-electron chi connectivity index (χ4n) is 4.45. The van der Waals surface area contributed by atoms with Crippen LogP contribution >= 0.6 is 0 Å². The second kappa shape index (κ2) is 11.3. The number of unbranched alkanes of at least 4 members (excludes halogenated alkanes) is 1. The lowest BCUT2D eigenvalue weighted by molar-refractivity contribution is -0.157. The van der Waals surface area contributed by atoms with Crippen molar-refractivity contribution in [1.82, 2.24) is 0 Å². The third-order valence-corrected chi connectivity index (χ3v) is 6.16. The predicted molar refractivity (Wildman–Crippen MR) is 101 cm³/mol. The molecule has 0 heterocycles. The first-order valence-corrected chi connectivity index (χ1v) is 10.5. The van der Waals surface area contributed by atoms with Crippen LogP contribution in [0.25, 0.3) is 0 Å². The van der Waals surface area contributed by atoms with Crippen molar-refractivity contribution in [2.45, 2.75) is 96.5 Å². The third-order valence-electron chi connectivity index (χ3n) is 6.16. The van der Waals surface area contributed by atoms with Crippen LogP contribution in [-0.2, 0) is 9.53 Å². The van der Waals surface area contributed by atoms with Gasteiger partial charge < -0.3 is 4.74 Å². The molecule has 0 aliphatic heterocycles. The van der Waals surface area contributed by atoms with E-state index >= 15 is 0 Å². The fourth-order valence-corrected chi connectivity index (χ4v) is 4.45. The molecule has 0 amide bonds. The van der Waals surface area contributed by atoms with Crippen LogP contribution in [0.4, 0.5) is 0 Å². The second-order valence-corrected chi connectivity index (χ2v) is 8.05. The molecule has 0 radical (unpaired) electrons. The standard InChI is InChI=1S/C22H35NO2/c1-2-3-7-18-11-15-21(16-12-18)25-22(24)20-13-9-19(10-14-20)8-5-4-6-17-23/h4,6,18-21H,2-3,5,7-16H2,1H3/t18-,19-,20-,21-. The third kappa shape index (κ3) is 7.22. The van der Waals surface area contributed by atoms with Crippen molar-refractivity contribution in [3.63, 3.8) is 0 Å². The first-order chi connectivity index (χ1) is 12.2. The lowest BCUT2D eigenvalue weighted by Gasteiger charge is -2.31. The Morgan fingerprint density at radius 2 is 1.68 bits per heavy atom. The Bertz CT molecular complexity index is 449. The zero-order valence-corrected chi connectivity index (χ0v) is 15.9. The summed E-state index contributed by atoms with van der Waals surface area (Å²) in [7, 11) is 0. The van der Waals surface area contributed by atoms with Crippen molar-refractivity contribution in [2.75, 3.05) is 0 Å². The largest absolute Gasteiger partial charge is 0.462 e. The number of rotatable bonds is 8. The number of carbonyl (C=O) groups is 1. The molecule has 0 spiro atoms. The summed E-state index contributed by atoms with van der Waals surface area (Å²) in [6, 6.07) is 2.04. The van der Waals surface area contributed by atoms with Crippen molar-refractivity contribution >= 4 is 5.97 Å². The maximum atomic E-state index is 12.5. The molecular weight excluding hydrogens is 310 g/mol. The Balaban J connectivity index is 1.61. The van der Waals surface area contributed by atoms with Crippen LogP contribution in [0.5, 0.6) is 0 Å². The quantitative estimate of drug-likeness (QED) is 0.404. The van der Waals surface area contributed by atoms with E-state index in [4.69, 9.17) is 10.00 Å². The molecule has 0 bridgehead atoms. The topological polar surface area (TPSA) is 50.1 Å². The van der Waals surface area contributed by atoms with E-state index in [9.17, 15) is 4.79 Å². The summed E-state index contributed by atoms with van der Waals surface area (Å²) in [4.78, 5) is 12.5. The Labute approximate surface area is 153 Å². The summed E-state index contributed by atoms with van der Waals surface area (Å²) in [5, 5.41) is 8.50. The Morgan fingerprint density at radius 3 is 2.32 bits per heavy atom. The van der Waals surface area contributed by atoms with E-state index in [2.05, 4.69) is 6.92 Å². The predicted octanol–water partition coefficient (Wildman–Crippen LogP) is 5.94. The molecule has 25 heavy (non-hydrogen) atoms. The van der Waals surface area contributed by atoms with Gasteiger partial charge in [0, 0.05) is 6.08 Å². The molecule has 2 rings (SSSR count). The van der Waals surface area contributed by atoms with Gasteiger partial charge in [-0.05, 0) is 76.0 Å². The summed E-state index contributed by atoms with van der Waals surface area (Å²) in [5.41, 5.74) is 0. The van der Waals surface area contributed by atoms with Crippen molar-refractivity contribution < 1.29 is 9.53 Å². The number of ether oxygens (including phenoxy) is 1. The monoisotopic (exact) mass is 345 g/mol. The fraction of sp³-hybridized carbons (Fsp3) is 0.818. The molecule has 140 valence electrons. The highest BCUT2D eigenvalue weighted by molar-refractivity contribution is 5.72. The van der Waals surface area contributed by atoms with E-state index in [0.29, 0.717) is 5.92 Å². The van der Waals surface area contributed by atoms with Crippen molar-refractivity contribution in [1.29, 1.82) is 5.26 Å². The molecule has 0 aromatic carbocycles. The van der Waals surface area contributed by atoms with E-state index in [1.807, 2.05) is 12.1 Å². The molecule has 0 unspecified atom stereocenters. The van der Waals surface area contributed by atoms with Crippen molar-refractivity contribution in [2.24, 2.45) is 17.8 Å². The van der Waals surface area contributed by atoms with Gasteiger partial charge in [-0.2, -0.15) is 5.26 Å². The van der Waals surface area contributed by atoms with Crippen LogP contribution in [-0.4, -0.2) is 12.1 Å². The molecule has 2 saturated carbocycles. The summed E-state index contributed by atoms with van der Waals surface area (Å²) in [6.45, 7) is 2.26. The van der Waals surface area contributed by atoms with Crippen LogP contribution in [0.1, 0.15) is 90.4 Å². The van der Waals surface area contributed by atoms with Gasteiger partial charge in [0.2, 0.25) is 0 Å². The van der Waals surface area contributed by atoms with Gasteiger partial charge in [-0.3, -0.25) is 4.79 Å². The normalized spacial score (nSPS) is 30.1. The molecule has 2 fully saturated rings. The van der Waals surface area contributed by atoms with E-state index in [1.165, 1.54) is 32.1 Å². The summed E-state index contributed by atoms with van der Waals surface area (Å²) in [5.74, 6) is 1.77. The Morgan fingerprint density at radius 1 is 1.04 bits per heavy atom. The summed E-state index contributed by atoms with van der Waals surface area (Å²) < 4.78 is 5.85. The number of nitriles is 1. The van der Waals surface area contributed by atoms with Crippen LogP contribution in [0.3, 0.4) is 0 Å². The molecule has 2 aliphatic carbocycles. The van der Waals surface area contributed by atoms with E-state index in [0.717, 1.165) is 57.3 Å². The molecule has 2 aliphatic rings. The first kappa shape index (κ1) is 20.0. The molecule has 3 heteroatoms. The minimum atomic E-state index is 0.0693. The maximum Gasteiger partial charge on any atom is 0.309 e. The first-order valence-electron chi connectivity index (χ1n) is 10.5. The smallest absolute Gasteiger partial charge is 0.309 e. The number of esters is 1. The second-order valence-electron chi connectivity index (χ2n) is 8.05. The zero-order valence-electron chi connectivity index (χ0n) is 15.9. The Kier molecular flexibility index (Phi) is 9.08.